The normalized spacial score (nSPS) is 14.2. The number of aliphatic hydroxyl groups excluding tert-OH is 1. The maximum Gasteiger partial charge on any atom is 0.237 e. The number of rotatable bonds is 7. The standard InChI is InChI=1S/C17H25N3O2/c1-11(2)16(18-3)17(22)20-13(10-21)8-12-9-19-15-7-5-4-6-14(12)15/h4-7,9,11,13,16,18-19,21H,8,10H2,1-3H3,(H,20,22)/t13-,16-/m0/s1. The number of H-pyrrole nitrogens is 1. The minimum absolute atomic E-state index is 0.0728. The fourth-order valence-electron chi connectivity index (χ4n) is 2.79. The van der Waals surface area contributed by atoms with Gasteiger partial charge in [-0.1, -0.05) is 32.0 Å². The number of likely N-dealkylation sites (N-methyl/N-ethyl adjacent to an activating group) is 1. The van der Waals surface area contributed by atoms with E-state index in [4.69, 9.17) is 0 Å². The summed E-state index contributed by atoms with van der Waals surface area (Å²) in [5, 5.41) is 16.7. The summed E-state index contributed by atoms with van der Waals surface area (Å²) >= 11 is 0. The van der Waals surface area contributed by atoms with Gasteiger partial charge in [0.1, 0.15) is 0 Å². The van der Waals surface area contributed by atoms with Gasteiger partial charge in [-0.3, -0.25) is 4.79 Å². The van der Waals surface area contributed by atoms with E-state index in [0.29, 0.717) is 6.42 Å². The molecular weight excluding hydrogens is 278 g/mol. The van der Waals surface area contributed by atoms with E-state index in [1.54, 1.807) is 7.05 Å². The van der Waals surface area contributed by atoms with Crippen molar-refractivity contribution in [1.29, 1.82) is 0 Å². The van der Waals surface area contributed by atoms with E-state index in [9.17, 15) is 9.90 Å². The Morgan fingerprint density at radius 1 is 1.32 bits per heavy atom. The third-order valence-corrected chi connectivity index (χ3v) is 3.97. The van der Waals surface area contributed by atoms with Crippen LogP contribution >= 0.6 is 0 Å². The van der Waals surface area contributed by atoms with Gasteiger partial charge in [-0.2, -0.15) is 0 Å². The first kappa shape index (κ1) is 16.5. The van der Waals surface area contributed by atoms with Gasteiger partial charge in [0.25, 0.3) is 0 Å². The number of amides is 1. The van der Waals surface area contributed by atoms with Crippen LogP contribution in [0.5, 0.6) is 0 Å². The van der Waals surface area contributed by atoms with Crippen molar-refractivity contribution >= 4 is 16.8 Å². The molecule has 1 heterocycles. The van der Waals surface area contributed by atoms with E-state index in [2.05, 4.69) is 15.6 Å². The maximum absolute atomic E-state index is 12.3. The van der Waals surface area contributed by atoms with Crippen LogP contribution in [0.2, 0.25) is 0 Å². The summed E-state index contributed by atoms with van der Waals surface area (Å²) in [4.78, 5) is 15.5. The Kier molecular flexibility index (Phi) is 5.57. The molecular formula is C17H25N3O2. The second-order valence-corrected chi connectivity index (χ2v) is 5.96. The average Bonchev–Trinajstić information content (AvgIpc) is 2.90. The Hall–Kier alpha value is -1.85. The number of carbonyl (C=O) groups excluding carboxylic acids is 1. The van der Waals surface area contributed by atoms with Crippen LogP contribution in [-0.2, 0) is 11.2 Å². The second-order valence-electron chi connectivity index (χ2n) is 5.96. The Morgan fingerprint density at radius 3 is 2.68 bits per heavy atom. The molecule has 0 spiro atoms. The summed E-state index contributed by atoms with van der Waals surface area (Å²) in [6.07, 6.45) is 2.54. The Bertz CT molecular complexity index is 621. The van der Waals surface area contributed by atoms with Gasteiger partial charge in [-0.25, -0.2) is 0 Å². The van der Waals surface area contributed by atoms with Crippen molar-refractivity contribution in [2.75, 3.05) is 13.7 Å². The number of aromatic amines is 1. The fraction of sp³-hybridized carbons (Fsp3) is 0.471. The number of para-hydroxylation sites is 1. The lowest BCUT2D eigenvalue weighted by Gasteiger charge is -2.23. The molecule has 0 aliphatic heterocycles. The number of hydrogen-bond acceptors (Lipinski definition) is 3. The van der Waals surface area contributed by atoms with E-state index >= 15 is 0 Å². The predicted molar refractivity (Wildman–Crippen MR) is 88.7 cm³/mol. The smallest absolute Gasteiger partial charge is 0.237 e. The zero-order chi connectivity index (χ0) is 16.1. The summed E-state index contributed by atoms with van der Waals surface area (Å²) in [6.45, 7) is 3.91. The number of hydrogen-bond donors (Lipinski definition) is 4. The van der Waals surface area contributed by atoms with Crippen LogP contribution in [0, 0.1) is 5.92 Å². The number of benzene rings is 1. The van der Waals surface area contributed by atoms with Gasteiger partial charge in [0.05, 0.1) is 18.7 Å². The predicted octanol–water partition coefficient (Wildman–Crippen LogP) is 1.43. The third-order valence-electron chi connectivity index (χ3n) is 3.97. The highest BCUT2D eigenvalue weighted by atomic mass is 16.3. The van der Waals surface area contributed by atoms with E-state index in [1.807, 2.05) is 44.3 Å². The number of nitrogens with one attached hydrogen (secondary N) is 3. The third kappa shape index (κ3) is 3.67. The van der Waals surface area contributed by atoms with Crippen molar-refractivity contribution in [2.24, 2.45) is 5.92 Å². The van der Waals surface area contributed by atoms with Gasteiger partial charge in [0.15, 0.2) is 0 Å². The van der Waals surface area contributed by atoms with Crippen LogP contribution in [0.15, 0.2) is 30.5 Å². The highest BCUT2D eigenvalue weighted by Crippen LogP contribution is 2.19. The lowest BCUT2D eigenvalue weighted by atomic mass is 10.0. The molecule has 2 rings (SSSR count). The summed E-state index contributed by atoms with van der Waals surface area (Å²) in [5.41, 5.74) is 2.16. The first-order valence-electron chi connectivity index (χ1n) is 7.70. The van der Waals surface area contributed by atoms with Gasteiger partial charge >= 0.3 is 0 Å². The first-order valence-corrected chi connectivity index (χ1v) is 7.70. The summed E-state index contributed by atoms with van der Waals surface area (Å²) in [7, 11) is 1.78. The molecule has 0 aliphatic rings. The van der Waals surface area contributed by atoms with E-state index in [1.165, 1.54) is 0 Å². The monoisotopic (exact) mass is 303 g/mol. The van der Waals surface area contributed by atoms with Gasteiger partial charge < -0.3 is 20.7 Å². The zero-order valence-corrected chi connectivity index (χ0v) is 13.4. The quantitative estimate of drug-likeness (QED) is 0.625. The second kappa shape index (κ2) is 7.42. The molecule has 1 amide bonds. The Morgan fingerprint density at radius 2 is 2.05 bits per heavy atom. The summed E-state index contributed by atoms with van der Waals surface area (Å²) in [6, 6.07) is 7.48. The van der Waals surface area contributed by atoms with E-state index in [0.717, 1.165) is 16.5 Å². The number of fused-ring (bicyclic) bond motifs is 1. The minimum atomic E-state index is -0.290. The molecule has 1 aromatic carbocycles. The molecule has 5 nitrogen and oxygen atoms in total. The lowest BCUT2D eigenvalue weighted by molar-refractivity contribution is -0.125. The van der Waals surface area contributed by atoms with Crippen molar-refractivity contribution < 1.29 is 9.90 Å². The van der Waals surface area contributed by atoms with Crippen LogP contribution in [0.25, 0.3) is 10.9 Å². The van der Waals surface area contributed by atoms with Crippen LogP contribution < -0.4 is 10.6 Å². The van der Waals surface area contributed by atoms with Gasteiger partial charge in [0, 0.05) is 17.1 Å². The molecule has 1 aromatic heterocycles. The molecule has 0 saturated carbocycles. The molecule has 0 fully saturated rings. The molecule has 2 atom stereocenters. The van der Waals surface area contributed by atoms with Gasteiger partial charge in [0.2, 0.25) is 5.91 Å². The molecule has 0 radical (unpaired) electrons. The largest absolute Gasteiger partial charge is 0.394 e. The maximum atomic E-state index is 12.3. The van der Waals surface area contributed by atoms with Crippen LogP contribution in [0.1, 0.15) is 19.4 Å². The van der Waals surface area contributed by atoms with Crippen molar-refractivity contribution in [3.05, 3.63) is 36.0 Å². The van der Waals surface area contributed by atoms with Crippen LogP contribution in [0.3, 0.4) is 0 Å². The Labute approximate surface area is 131 Å². The number of aromatic nitrogens is 1. The minimum Gasteiger partial charge on any atom is -0.394 e. The topological polar surface area (TPSA) is 77.2 Å². The van der Waals surface area contributed by atoms with Crippen molar-refractivity contribution in [2.45, 2.75) is 32.4 Å². The number of carbonyl (C=O) groups is 1. The van der Waals surface area contributed by atoms with Gasteiger partial charge in [-0.15, -0.1) is 0 Å². The SMILES string of the molecule is CN[C@H](C(=O)N[C@H](CO)Cc1c[nH]c2ccccc12)C(C)C. The molecule has 5 heteroatoms. The lowest BCUT2D eigenvalue weighted by Crippen LogP contribution is -2.50. The molecule has 0 saturated heterocycles. The Balaban J connectivity index is 2.08. The molecule has 4 N–H and O–H groups in total. The molecule has 22 heavy (non-hydrogen) atoms. The van der Waals surface area contributed by atoms with Crippen molar-refractivity contribution in [3.63, 3.8) is 0 Å². The summed E-state index contributed by atoms with van der Waals surface area (Å²) in [5.74, 6) is 0.119. The van der Waals surface area contributed by atoms with E-state index < -0.39 is 0 Å². The molecule has 0 aliphatic carbocycles. The molecule has 0 unspecified atom stereocenters. The highest BCUT2D eigenvalue weighted by molar-refractivity contribution is 5.84. The number of aliphatic hydroxyl groups is 1. The van der Waals surface area contributed by atoms with E-state index in [-0.39, 0.29) is 30.5 Å². The van der Waals surface area contributed by atoms with Crippen LogP contribution in [-0.4, -0.2) is 41.7 Å². The molecule has 2 aromatic rings. The highest BCUT2D eigenvalue weighted by Gasteiger charge is 2.23. The zero-order valence-electron chi connectivity index (χ0n) is 13.4. The van der Waals surface area contributed by atoms with Gasteiger partial charge in [-0.05, 0) is 31.0 Å². The average molecular weight is 303 g/mol. The fourth-order valence-corrected chi connectivity index (χ4v) is 2.79. The van der Waals surface area contributed by atoms with Crippen molar-refractivity contribution in [3.8, 4) is 0 Å². The van der Waals surface area contributed by atoms with Crippen LogP contribution in [0.4, 0.5) is 0 Å². The molecule has 120 valence electrons. The first-order chi connectivity index (χ1) is 10.6. The molecule has 0 bridgehead atoms. The van der Waals surface area contributed by atoms with Crippen molar-refractivity contribution in [1.82, 2.24) is 15.6 Å². The summed E-state index contributed by atoms with van der Waals surface area (Å²) < 4.78 is 0.